The lowest BCUT2D eigenvalue weighted by atomic mass is 10.1. The van der Waals surface area contributed by atoms with Crippen molar-refractivity contribution >= 4 is 29.0 Å². The summed E-state index contributed by atoms with van der Waals surface area (Å²) in [5, 5.41) is 0.905. The maximum atomic E-state index is 11.6. The van der Waals surface area contributed by atoms with E-state index in [2.05, 4.69) is 9.97 Å². The van der Waals surface area contributed by atoms with Crippen molar-refractivity contribution in [3.8, 4) is 17.0 Å². The minimum absolute atomic E-state index is 0. The summed E-state index contributed by atoms with van der Waals surface area (Å²) in [6.07, 6.45) is 3.93. The Hall–Kier alpha value is -2.79. The third-order valence-corrected chi connectivity index (χ3v) is 3.72. The maximum Gasteiger partial charge on any atom is 0.248 e. The molecule has 0 radical (unpaired) electrons. The summed E-state index contributed by atoms with van der Waals surface area (Å²) in [5.41, 5.74) is 3.22. The Bertz CT molecular complexity index is 1020. The molecule has 0 saturated carbocycles. The number of fused-ring (bicyclic) bond motifs is 2. The van der Waals surface area contributed by atoms with E-state index in [0.29, 0.717) is 11.3 Å². The molecule has 0 unspecified atom stereocenters. The highest BCUT2D eigenvalue weighted by Gasteiger charge is 2.11. The molecule has 23 heavy (non-hydrogen) atoms. The first kappa shape index (κ1) is 15.1. The number of imidazole rings is 1. The maximum absolute atomic E-state index is 11.6. The van der Waals surface area contributed by atoms with Crippen molar-refractivity contribution in [2.75, 3.05) is 7.11 Å². The molecule has 5 nitrogen and oxygen atoms in total. The quantitative estimate of drug-likeness (QED) is 0.614. The van der Waals surface area contributed by atoms with Gasteiger partial charge in [0.1, 0.15) is 11.4 Å². The first-order valence-corrected chi connectivity index (χ1v) is 6.90. The predicted octanol–water partition coefficient (Wildman–Crippen LogP) is 3.27. The van der Waals surface area contributed by atoms with E-state index in [0.717, 1.165) is 22.3 Å². The van der Waals surface area contributed by atoms with E-state index < -0.39 is 0 Å². The SMILES string of the molecule is COc1ccc(-c2cn3ccccc3n2)c2ccc(=O)[nH]c12.Cl. The number of halogens is 1. The molecule has 3 heterocycles. The summed E-state index contributed by atoms with van der Waals surface area (Å²) in [5.74, 6) is 0.639. The summed E-state index contributed by atoms with van der Waals surface area (Å²) < 4.78 is 7.31. The highest BCUT2D eigenvalue weighted by Crippen LogP contribution is 2.32. The van der Waals surface area contributed by atoms with Crippen LogP contribution in [0.25, 0.3) is 27.8 Å². The molecule has 0 amide bonds. The van der Waals surface area contributed by atoms with Crippen molar-refractivity contribution in [3.63, 3.8) is 0 Å². The topological polar surface area (TPSA) is 59.4 Å². The lowest BCUT2D eigenvalue weighted by Crippen LogP contribution is -2.04. The molecule has 0 atom stereocenters. The van der Waals surface area contributed by atoms with E-state index in [9.17, 15) is 4.79 Å². The lowest BCUT2D eigenvalue weighted by molar-refractivity contribution is 0.419. The van der Waals surface area contributed by atoms with E-state index in [1.165, 1.54) is 6.07 Å². The zero-order valence-corrected chi connectivity index (χ0v) is 13.1. The van der Waals surface area contributed by atoms with Crippen LogP contribution in [0.15, 0.2) is 59.7 Å². The summed E-state index contributed by atoms with van der Waals surface area (Å²) in [6, 6.07) is 13.0. The molecule has 4 aromatic rings. The van der Waals surface area contributed by atoms with Crippen LogP contribution in [0, 0.1) is 0 Å². The van der Waals surface area contributed by atoms with E-state index in [4.69, 9.17) is 4.74 Å². The van der Waals surface area contributed by atoms with Crippen molar-refractivity contribution in [1.29, 1.82) is 0 Å². The van der Waals surface area contributed by atoms with Crippen molar-refractivity contribution in [1.82, 2.24) is 14.4 Å². The summed E-state index contributed by atoms with van der Waals surface area (Å²) in [6.45, 7) is 0. The summed E-state index contributed by atoms with van der Waals surface area (Å²) in [7, 11) is 1.59. The van der Waals surface area contributed by atoms with Crippen LogP contribution in [0.2, 0.25) is 0 Å². The number of hydrogen-bond acceptors (Lipinski definition) is 3. The van der Waals surface area contributed by atoms with Gasteiger partial charge in [-0.15, -0.1) is 12.4 Å². The van der Waals surface area contributed by atoms with Crippen LogP contribution in [0.3, 0.4) is 0 Å². The molecule has 0 saturated heterocycles. The fourth-order valence-corrected chi connectivity index (χ4v) is 2.68. The Morgan fingerprint density at radius 1 is 1.13 bits per heavy atom. The predicted molar refractivity (Wildman–Crippen MR) is 92.6 cm³/mol. The van der Waals surface area contributed by atoms with E-state index >= 15 is 0 Å². The average Bonchev–Trinajstić information content (AvgIpc) is 2.97. The van der Waals surface area contributed by atoms with Gasteiger partial charge in [-0.3, -0.25) is 4.79 Å². The minimum atomic E-state index is -0.155. The molecule has 0 aliphatic carbocycles. The van der Waals surface area contributed by atoms with Gasteiger partial charge in [0.25, 0.3) is 0 Å². The molecule has 4 rings (SSSR count). The molecule has 0 aliphatic rings. The zero-order valence-electron chi connectivity index (χ0n) is 12.3. The van der Waals surface area contributed by atoms with Gasteiger partial charge in [0.15, 0.2) is 0 Å². The number of benzene rings is 1. The summed E-state index contributed by atoms with van der Waals surface area (Å²) >= 11 is 0. The Labute approximate surface area is 138 Å². The lowest BCUT2D eigenvalue weighted by Gasteiger charge is -2.08. The number of pyridine rings is 2. The second kappa shape index (κ2) is 5.78. The number of methoxy groups -OCH3 is 1. The van der Waals surface area contributed by atoms with E-state index in [1.54, 1.807) is 13.2 Å². The highest BCUT2D eigenvalue weighted by atomic mass is 35.5. The molecule has 1 aromatic carbocycles. The smallest absolute Gasteiger partial charge is 0.248 e. The standard InChI is InChI=1S/C17H13N3O2.ClH/c1-22-14-7-5-11(12-6-8-16(21)19-17(12)14)13-10-20-9-3-2-4-15(20)18-13;/h2-10H,1H3,(H,19,21);1H. The van der Waals surface area contributed by atoms with Crippen molar-refractivity contribution in [2.24, 2.45) is 0 Å². The fourth-order valence-electron chi connectivity index (χ4n) is 2.68. The number of aromatic amines is 1. The van der Waals surface area contributed by atoms with Crippen LogP contribution in [0.1, 0.15) is 0 Å². The number of hydrogen-bond donors (Lipinski definition) is 1. The van der Waals surface area contributed by atoms with Gasteiger partial charge in [0.05, 0.1) is 18.3 Å². The van der Waals surface area contributed by atoms with Crippen LogP contribution in [-0.2, 0) is 0 Å². The van der Waals surface area contributed by atoms with Gasteiger partial charge in [-0.2, -0.15) is 0 Å². The van der Waals surface area contributed by atoms with Gasteiger partial charge in [0.2, 0.25) is 5.56 Å². The van der Waals surface area contributed by atoms with E-state index in [1.807, 2.05) is 47.1 Å². The monoisotopic (exact) mass is 327 g/mol. The molecule has 116 valence electrons. The normalized spacial score (nSPS) is 10.7. The zero-order chi connectivity index (χ0) is 15.1. The van der Waals surface area contributed by atoms with Crippen LogP contribution in [0.4, 0.5) is 0 Å². The number of rotatable bonds is 2. The molecule has 6 heteroatoms. The number of nitrogens with zero attached hydrogens (tertiary/aromatic N) is 2. The molecule has 0 bridgehead atoms. The molecular weight excluding hydrogens is 314 g/mol. The van der Waals surface area contributed by atoms with Crippen LogP contribution < -0.4 is 10.3 Å². The summed E-state index contributed by atoms with van der Waals surface area (Å²) in [4.78, 5) is 19.1. The van der Waals surface area contributed by atoms with Crippen LogP contribution in [-0.4, -0.2) is 21.5 Å². The minimum Gasteiger partial charge on any atom is -0.495 e. The average molecular weight is 328 g/mol. The number of ether oxygens (including phenoxy) is 1. The molecule has 0 fully saturated rings. The first-order valence-electron chi connectivity index (χ1n) is 6.90. The van der Waals surface area contributed by atoms with Crippen LogP contribution >= 0.6 is 12.4 Å². The van der Waals surface area contributed by atoms with Crippen molar-refractivity contribution in [3.05, 3.63) is 65.2 Å². The highest BCUT2D eigenvalue weighted by molar-refractivity contribution is 5.97. The third-order valence-electron chi connectivity index (χ3n) is 3.72. The van der Waals surface area contributed by atoms with Gasteiger partial charge in [-0.05, 0) is 30.3 Å². The first-order chi connectivity index (χ1) is 10.8. The van der Waals surface area contributed by atoms with Crippen molar-refractivity contribution < 1.29 is 4.74 Å². The van der Waals surface area contributed by atoms with Gasteiger partial charge in [-0.1, -0.05) is 6.07 Å². The molecular formula is C17H14ClN3O2. The number of nitrogens with one attached hydrogen (secondary N) is 1. The van der Waals surface area contributed by atoms with Gasteiger partial charge < -0.3 is 14.1 Å². The third kappa shape index (κ3) is 2.45. The van der Waals surface area contributed by atoms with Gasteiger partial charge >= 0.3 is 0 Å². The Kier molecular flexibility index (Phi) is 3.80. The van der Waals surface area contributed by atoms with Gasteiger partial charge in [-0.25, -0.2) is 4.98 Å². The number of H-pyrrole nitrogens is 1. The Morgan fingerprint density at radius 3 is 2.78 bits per heavy atom. The molecule has 1 N–H and O–H groups in total. The number of aromatic nitrogens is 3. The van der Waals surface area contributed by atoms with Crippen LogP contribution in [0.5, 0.6) is 5.75 Å². The Balaban J connectivity index is 0.00000156. The second-order valence-electron chi connectivity index (χ2n) is 5.02. The van der Waals surface area contributed by atoms with Crippen molar-refractivity contribution in [2.45, 2.75) is 0 Å². The van der Waals surface area contributed by atoms with Gasteiger partial charge in [0, 0.05) is 29.4 Å². The molecule has 3 aromatic heterocycles. The Morgan fingerprint density at radius 2 is 2.00 bits per heavy atom. The second-order valence-corrected chi connectivity index (χ2v) is 5.02. The fraction of sp³-hybridized carbons (Fsp3) is 0.0588. The largest absolute Gasteiger partial charge is 0.495 e. The molecule has 0 aliphatic heterocycles. The van der Waals surface area contributed by atoms with E-state index in [-0.39, 0.29) is 18.0 Å². The molecule has 0 spiro atoms.